The molecule has 16 heavy (non-hydrogen) atoms. The highest BCUT2D eigenvalue weighted by Crippen LogP contribution is 2.11. The summed E-state index contributed by atoms with van der Waals surface area (Å²) in [6.07, 6.45) is 0.525. The van der Waals surface area contributed by atoms with Crippen molar-refractivity contribution in [2.45, 2.75) is 26.7 Å². The summed E-state index contributed by atoms with van der Waals surface area (Å²) >= 11 is 0. The zero-order valence-corrected chi connectivity index (χ0v) is 9.56. The molecule has 1 N–H and O–H groups in total. The smallest absolute Gasteiger partial charge is 0.307 e. The molecule has 0 aliphatic rings. The predicted molar refractivity (Wildman–Crippen MR) is 61.6 cm³/mol. The van der Waals surface area contributed by atoms with Gasteiger partial charge >= 0.3 is 5.97 Å². The molecular formula is C13H16O3. The zero-order valence-electron chi connectivity index (χ0n) is 9.56. The van der Waals surface area contributed by atoms with Crippen LogP contribution in [0.25, 0.3) is 0 Å². The molecule has 0 aromatic heterocycles. The summed E-state index contributed by atoms with van der Waals surface area (Å²) < 4.78 is 0. The molecule has 0 spiro atoms. The van der Waals surface area contributed by atoms with Gasteiger partial charge in [-0.25, -0.2) is 0 Å². The molecule has 1 aromatic rings. The molecule has 0 saturated carbocycles. The first-order valence-corrected chi connectivity index (χ1v) is 5.33. The molecule has 0 saturated heterocycles. The van der Waals surface area contributed by atoms with Crippen molar-refractivity contribution in [3.63, 3.8) is 0 Å². The van der Waals surface area contributed by atoms with E-state index in [0.717, 1.165) is 0 Å². The van der Waals surface area contributed by atoms with Crippen molar-refractivity contribution in [3.05, 3.63) is 35.4 Å². The van der Waals surface area contributed by atoms with E-state index in [1.807, 2.05) is 13.8 Å². The van der Waals surface area contributed by atoms with Gasteiger partial charge in [0.15, 0.2) is 5.78 Å². The molecule has 0 amide bonds. The number of benzene rings is 1. The van der Waals surface area contributed by atoms with Crippen LogP contribution in [0.4, 0.5) is 0 Å². The van der Waals surface area contributed by atoms with Crippen molar-refractivity contribution in [1.82, 2.24) is 0 Å². The molecule has 0 unspecified atom stereocenters. The van der Waals surface area contributed by atoms with Crippen LogP contribution in [0.3, 0.4) is 0 Å². The Labute approximate surface area is 95.1 Å². The SMILES string of the molecule is CC(C)CC(=O)c1ccc(CC(=O)O)cc1. The van der Waals surface area contributed by atoms with Crippen molar-refractivity contribution in [2.75, 3.05) is 0 Å². The minimum absolute atomic E-state index is 0.00134. The second kappa shape index (κ2) is 5.45. The highest BCUT2D eigenvalue weighted by atomic mass is 16.4. The summed E-state index contributed by atoms with van der Waals surface area (Å²) in [6.45, 7) is 3.99. The molecule has 0 aliphatic heterocycles. The maximum Gasteiger partial charge on any atom is 0.307 e. The lowest BCUT2D eigenvalue weighted by Crippen LogP contribution is -2.04. The van der Waals surface area contributed by atoms with E-state index >= 15 is 0 Å². The molecule has 0 fully saturated rings. The first-order chi connectivity index (χ1) is 7.49. The van der Waals surface area contributed by atoms with Crippen LogP contribution in [0, 0.1) is 5.92 Å². The Kier molecular flexibility index (Phi) is 4.23. The van der Waals surface area contributed by atoms with Crippen molar-refractivity contribution in [1.29, 1.82) is 0 Å². The van der Waals surface area contributed by atoms with Crippen LogP contribution in [0.15, 0.2) is 24.3 Å². The van der Waals surface area contributed by atoms with Gasteiger partial charge in [0.05, 0.1) is 6.42 Å². The molecule has 0 atom stereocenters. The minimum Gasteiger partial charge on any atom is -0.481 e. The van der Waals surface area contributed by atoms with E-state index in [2.05, 4.69) is 0 Å². The fourth-order valence-electron chi connectivity index (χ4n) is 1.47. The maximum atomic E-state index is 11.7. The first kappa shape index (κ1) is 12.4. The van der Waals surface area contributed by atoms with Gasteiger partial charge in [0.25, 0.3) is 0 Å². The highest BCUT2D eigenvalue weighted by molar-refractivity contribution is 5.96. The van der Waals surface area contributed by atoms with Gasteiger partial charge < -0.3 is 5.11 Å². The summed E-state index contributed by atoms with van der Waals surface area (Å²) in [5, 5.41) is 8.60. The topological polar surface area (TPSA) is 54.4 Å². The number of rotatable bonds is 5. The molecule has 0 heterocycles. The first-order valence-electron chi connectivity index (χ1n) is 5.33. The van der Waals surface area contributed by atoms with Gasteiger partial charge in [-0.15, -0.1) is 0 Å². The fourth-order valence-corrected chi connectivity index (χ4v) is 1.47. The zero-order chi connectivity index (χ0) is 12.1. The number of hydrogen-bond donors (Lipinski definition) is 1. The quantitative estimate of drug-likeness (QED) is 0.776. The van der Waals surface area contributed by atoms with E-state index in [1.54, 1.807) is 24.3 Å². The average molecular weight is 220 g/mol. The van der Waals surface area contributed by atoms with Crippen LogP contribution in [0.5, 0.6) is 0 Å². The van der Waals surface area contributed by atoms with Gasteiger partial charge in [-0.3, -0.25) is 9.59 Å². The fraction of sp³-hybridized carbons (Fsp3) is 0.385. The van der Waals surface area contributed by atoms with Crippen molar-refractivity contribution >= 4 is 11.8 Å². The van der Waals surface area contributed by atoms with Gasteiger partial charge in [-0.1, -0.05) is 38.1 Å². The molecule has 1 rings (SSSR count). The van der Waals surface area contributed by atoms with E-state index in [9.17, 15) is 9.59 Å². The Morgan fingerprint density at radius 3 is 2.19 bits per heavy atom. The van der Waals surface area contributed by atoms with Gasteiger partial charge in [-0.2, -0.15) is 0 Å². The Hall–Kier alpha value is -1.64. The second-order valence-corrected chi connectivity index (χ2v) is 4.29. The van der Waals surface area contributed by atoms with Gasteiger partial charge in [-0.05, 0) is 11.5 Å². The normalized spacial score (nSPS) is 10.4. The van der Waals surface area contributed by atoms with E-state index in [-0.39, 0.29) is 12.2 Å². The molecule has 0 radical (unpaired) electrons. The number of hydrogen-bond acceptors (Lipinski definition) is 2. The average Bonchev–Trinajstić information content (AvgIpc) is 2.16. The third kappa shape index (κ3) is 3.85. The summed E-state index contributed by atoms with van der Waals surface area (Å²) in [5.74, 6) is -0.413. The number of ketones is 1. The Morgan fingerprint density at radius 2 is 1.75 bits per heavy atom. The van der Waals surface area contributed by atoms with Crippen LogP contribution in [-0.4, -0.2) is 16.9 Å². The number of carbonyl (C=O) groups is 2. The molecule has 1 aromatic carbocycles. The molecule has 3 heteroatoms. The van der Waals surface area contributed by atoms with Crippen molar-refractivity contribution in [2.24, 2.45) is 5.92 Å². The molecule has 0 aliphatic carbocycles. The third-order valence-corrected chi connectivity index (χ3v) is 2.22. The van der Waals surface area contributed by atoms with Crippen LogP contribution in [0.2, 0.25) is 0 Å². The van der Waals surface area contributed by atoms with Crippen molar-refractivity contribution in [3.8, 4) is 0 Å². The molecule has 86 valence electrons. The highest BCUT2D eigenvalue weighted by Gasteiger charge is 2.08. The van der Waals surface area contributed by atoms with E-state index in [4.69, 9.17) is 5.11 Å². The van der Waals surface area contributed by atoms with Crippen LogP contribution in [-0.2, 0) is 11.2 Å². The summed E-state index contributed by atoms with van der Waals surface area (Å²) in [5.41, 5.74) is 1.37. The summed E-state index contributed by atoms with van der Waals surface area (Å²) in [7, 11) is 0. The number of aliphatic carboxylic acids is 1. The lowest BCUT2D eigenvalue weighted by atomic mass is 10.00. The standard InChI is InChI=1S/C13H16O3/c1-9(2)7-12(14)11-5-3-10(4-6-11)8-13(15)16/h3-6,9H,7-8H2,1-2H3,(H,15,16). The Bertz CT molecular complexity index is 377. The molecular weight excluding hydrogens is 204 g/mol. The predicted octanol–water partition coefficient (Wildman–Crippen LogP) is 2.54. The van der Waals surface area contributed by atoms with E-state index in [1.165, 1.54) is 0 Å². The lowest BCUT2D eigenvalue weighted by molar-refractivity contribution is -0.136. The lowest BCUT2D eigenvalue weighted by Gasteiger charge is -2.04. The second-order valence-electron chi connectivity index (χ2n) is 4.29. The monoisotopic (exact) mass is 220 g/mol. The minimum atomic E-state index is -0.860. The van der Waals surface area contributed by atoms with Gasteiger partial charge in [0.2, 0.25) is 0 Å². The van der Waals surface area contributed by atoms with Gasteiger partial charge in [0.1, 0.15) is 0 Å². The van der Waals surface area contributed by atoms with Crippen molar-refractivity contribution < 1.29 is 14.7 Å². The Morgan fingerprint density at radius 1 is 1.19 bits per heavy atom. The third-order valence-electron chi connectivity index (χ3n) is 2.22. The number of Topliss-reactive ketones (excluding diaryl/α,β-unsaturated/α-hetero) is 1. The molecule has 0 bridgehead atoms. The van der Waals surface area contributed by atoms with Crippen LogP contribution >= 0.6 is 0 Å². The number of carbonyl (C=O) groups excluding carboxylic acids is 1. The van der Waals surface area contributed by atoms with Crippen LogP contribution < -0.4 is 0 Å². The number of carboxylic acid groups (broad SMARTS) is 1. The summed E-state index contributed by atoms with van der Waals surface area (Å²) in [6, 6.07) is 6.79. The van der Waals surface area contributed by atoms with E-state index in [0.29, 0.717) is 23.5 Å². The number of carboxylic acids is 1. The largest absolute Gasteiger partial charge is 0.481 e. The van der Waals surface area contributed by atoms with Gasteiger partial charge in [0, 0.05) is 12.0 Å². The Balaban J connectivity index is 2.71. The summed E-state index contributed by atoms with van der Waals surface area (Å²) in [4.78, 5) is 22.1. The van der Waals surface area contributed by atoms with E-state index < -0.39 is 5.97 Å². The maximum absolute atomic E-state index is 11.7. The molecule has 3 nitrogen and oxygen atoms in total. The van der Waals surface area contributed by atoms with Crippen LogP contribution in [0.1, 0.15) is 36.2 Å².